The summed E-state index contributed by atoms with van der Waals surface area (Å²) >= 11 is 5.98. The molecule has 1 atom stereocenters. The molecule has 1 amide bonds. The van der Waals surface area contributed by atoms with Crippen molar-refractivity contribution in [3.05, 3.63) is 106 Å². The highest BCUT2D eigenvalue weighted by atomic mass is 35.5. The molecule has 0 spiro atoms. The Morgan fingerprint density at radius 3 is 2.38 bits per heavy atom. The van der Waals surface area contributed by atoms with Crippen LogP contribution in [-0.4, -0.2) is 17.4 Å². The molecule has 0 aliphatic carbocycles. The summed E-state index contributed by atoms with van der Waals surface area (Å²) in [5.74, 6) is 0.0433. The molecule has 0 radical (unpaired) electrons. The van der Waals surface area contributed by atoms with E-state index in [0.29, 0.717) is 17.1 Å². The molecule has 0 unspecified atom stereocenters. The van der Waals surface area contributed by atoms with Crippen molar-refractivity contribution < 1.29 is 4.79 Å². The number of fused-ring (bicyclic) bond motifs is 1. The Labute approximate surface area is 159 Å². The molecule has 1 aliphatic rings. The zero-order valence-corrected chi connectivity index (χ0v) is 15.4. The van der Waals surface area contributed by atoms with E-state index < -0.39 is 0 Å². The summed E-state index contributed by atoms with van der Waals surface area (Å²) in [5.41, 5.74) is 5.56. The first-order valence-electron chi connectivity index (χ1n) is 8.84. The van der Waals surface area contributed by atoms with Crippen LogP contribution in [0.2, 0.25) is 5.02 Å². The molecule has 26 heavy (non-hydrogen) atoms. The van der Waals surface area contributed by atoms with Crippen molar-refractivity contribution >= 4 is 17.5 Å². The molecule has 0 fully saturated rings. The Morgan fingerprint density at radius 2 is 1.65 bits per heavy atom. The summed E-state index contributed by atoms with van der Waals surface area (Å²) in [6, 6.07) is 24.0. The lowest BCUT2D eigenvalue weighted by Gasteiger charge is -2.38. The van der Waals surface area contributed by atoms with Crippen molar-refractivity contribution in [2.45, 2.75) is 19.4 Å². The van der Waals surface area contributed by atoms with Crippen molar-refractivity contribution in [1.29, 1.82) is 0 Å². The maximum absolute atomic E-state index is 13.3. The van der Waals surface area contributed by atoms with E-state index in [1.165, 1.54) is 16.7 Å². The summed E-state index contributed by atoms with van der Waals surface area (Å²) in [6.07, 6.45) is 0.873. The molecule has 0 bridgehead atoms. The summed E-state index contributed by atoms with van der Waals surface area (Å²) < 4.78 is 0. The smallest absolute Gasteiger partial charge is 0.254 e. The van der Waals surface area contributed by atoms with Gasteiger partial charge in [-0.2, -0.15) is 0 Å². The average molecular weight is 362 g/mol. The molecular formula is C23H20ClNO. The number of hydrogen-bond acceptors (Lipinski definition) is 1. The first-order chi connectivity index (χ1) is 12.6. The predicted octanol–water partition coefficient (Wildman–Crippen LogP) is 5.44. The van der Waals surface area contributed by atoms with Crippen LogP contribution < -0.4 is 0 Å². The van der Waals surface area contributed by atoms with Crippen molar-refractivity contribution in [1.82, 2.24) is 4.90 Å². The molecular weight excluding hydrogens is 342 g/mol. The lowest BCUT2D eigenvalue weighted by Crippen LogP contribution is -2.40. The van der Waals surface area contributed by atoms with Crippen LogP contribution in [0.15, 0.2) is 72.8 Å². The van der Waals surface area contributed by atoms with Gasteiger partial charge in [-0.25, -0.2) is 0 Å². The van der Waals surface area contributed by atoms with Gasteiger partial charge in [-0.3, -0.25) is 4.79 Å². The summed E-state index contributed by atoms with van der Waals surface area (Å²) in [7, 11) is 0. The molecule has 3 aromatic carbocycles. The van der Waals surface area contributed by atoms with Gasteiger partial charge in [0.05, 0.1) is 6.04 Å². The maximum Gasteiger partial charge on any atom is 0.254 e. The largest absolute Gasteiger partial charge is 0.327 e. The first-order valence-corrected chi connectivity index (χ1v) is 9.22. The molecule has 130 valence electrons. The third kappa shape index (κ3) is 3.13. The number of hydrogen-bond donors (Lipinski definition) is 0. The van der Waals surface area contributed by atoms with Crippen molar-refractivity contribution in [3.63, 3.8) is 0 Å². The second-order valence-corrected chi connectivity index (χ2v) is 7.20. The van der Waals surface area contributed by atoms with Gasteiger partial charge < -0.3 is 4.90 Å². The SMILES string of the molecule is Cc1ccc([C@H]2c3ccccc3CCN2C(=O)c2ccc(Cl)cc2)cc1. The van der Waals surface area contributed by atoms with E-state index in [2.05, 4.69) is 55.5 Å². The standard InChI is InChI=1S/C23H20ClNO/c1-16-6-8-18(9-7-16)22-21-5-3-2-4-17(21)14-15-25(22)23(26)19-10-12-20(24)13-11-19/h2-13,22H,14-15H2,1H3/t22-/m0/s1. The van der Waals surface area contributed by atoms with Crippen LogP contribution in [0.4, 0.5) is 0 Å². The van der Waals surface area contributed by atoms with Crippen molar-refractivity contribution in [2.24, 2.45) is 0 Å². The van der Waals surface area contributed by atoms with E-state index in [-0.39, 0.29) is 11.9 Å². The highest BCUT2D eigenvalue weighted by molar-refractivity contribution is 6.30. The van der Waals surface area contributed by atoms with Crippen molar-refractivity contribution in [3.8, 4) is 0 Å². The van der Waals surface area contributed by atoms with E-state index in [9.17, 15) is 4.79 Å². The minimum Gasteiger partial charge on any atom is -0.327 e. The van der Waals surface area contributed by atoms with E-state index in [0.717, 1.165) is 12.0 Å². The minimum atomic E-state index is -0.0660. The molecule has 0 aromatic heterocycles. The third-order valence-corrected chi connectivity index (χ3v) is 5.28. The zero-order chi connectivity index (χ0) is 18.1. The van der Waals surface area contributed by atoms with Gasteiger partial charge >= 0.3 is 0 Å². The number of benzene rings is 3. The first kappa shape index (κ1) is 16.9. The second-order valence-electron chi connectivity index (χ2n) is 6.77. The lowest BCUT2D eigenvalue weighted by atomic mass is 9.87. The summed E-state index contributed by atoms with van der Waals surface area (Å²) in [5, 5.41) is 0.639. The second kappa shape index (κ2) is 6.97. The Bertz CT molecular complexity index is 931. The molecule has 1 aliphatic heterocycles. The quantitative estimate of drug-likeness (QED) is 0.595. The number of aryl methyl sites for hydroxylation is 1. The lowest BCUT2D eigenvalue weighted by molar-refractivity contribution is 0.0694. The molecule has 1 heterocycles. The Hall–Kier alpha value is -2.58. The van der Waals surface area contributed by atoms with Gasteiger partial charge in [-0.1, -0.05) is 65.7 Å². The number of rotatable bonds is 2. The van der Waals surface area contributed by atoms with Crippen LogP contribution in [0.1, 0.15) is 38.7 Å². The molecule has 3 heteroatoms. The summed E-state index contributed by atoms with van der Waals surface area (Å²) in [6.45, 7) is 2.78. The van der Waals surface area contributed by atoms with Gasteiger partial charge in [0.1, 0.15) is 0 Å². The van der Waals surface area contributed by atoms with Gasteiger partial charge in [-0.05, 0) is 54.3 Å². The monoisotopic (exact) mass is 361 g/mol. The van der Waals surface area contributed by atoms with Crippen LogP contribution in [0, 0.1) is 6.92 Å². The number of carbonyl (C=O) groups is 1. The van der Waals surface area contributed by atoms with Gasteiger partial charge in [0.25, 0.3) is 5.91 Å². The van der Waals surface area contributed by atoms with E-state index >= 15 is 0 Å². The maximum atomic E-state index is 13.3. The Morgan fingerprint density at radius 1 is 0.962 bits per heavy atom. The molecule has 0 N–H and O–H groups in total. The molecule has 0 saturated carbocycles. The average Bonchev–Trinajstić information content (AvgIpc) is 2.68. The Kier molecular flexibility index (Phi) is 4.52. The molecule has 0 saturated heterocycles. The van der Waals surface area contributed by atoms with Gasteiger partial charge in [0, 0.05) is 17.1 Å². The van der Waals surface area contributed by atoms with Crippen molar-refractivity contribution in [2.75, 3.05) is 6.54 Å². The number of nitrogens with zero attached hydrogens (tertiary/aromatic N) is 1. The number of amides is 1. The number of carbonyl (C=O) groups excluding carboxylic acids is 1. The molecule has 4 rings (SSSR count). The van der Waals surface area contributed by atoms with Gasteiger partial charge in [0.2, 0.25) is 0 Å². The van der Waals surface area contributed by atoms with Gasteiger partial charge in [-0.15, -0.1) is 0 Å². The van der Waals surface area contributed by atoms with Crippen LogP contribution >= 0.6 is 11.6 Å². The van der Waals surface area contributed by atoms with Crippen LogP contribution in [0.3, 0.4) is 0 Å². The van der Waals surface area contributed by atoms with Crippen LogP contribution in [0.25, 0.3) is 0 Å². The fraction of sp³-hybridized carbons (Fsp3) is 0.174. The highest BCUT2D eigenvalue weighted by Crippen LogP contribution is 2.36. The third-order valence-electron chi connectivity index (χ3n) is 5.03. The van der Waals surface area contributed by atoms with Gasteiger partial charge in [0.15, 0.2) is 0 Å². The fourth-order valence-electron chi connectivity index (χ4n) is 3.65. The summed E-state index contributed by atoms with van der Waals surface area (Å²) in [4.78, 5) is 15.2. The number of halogens is 1. The Balaban J connectivity index is 1.78. The van der Waals surface area contributed by atoms with Crippen LogP contribution in [0.5, 0.6) is 0 Å². The topological polar surface area (TPSA) is 20.3 Å². The van der Waals surface area contributed by atoms with E-state index in [1.807, 2.05) is 4.90 Å². The fourth-order valence-corrected chi connectivity index (χ4v) is 3.78. The van der Waals surface area contributed by atoms with E-state index in [4.69, 9.17) is 11.6 Å². The highest BCUT2D eigenvalue weighted by Gasteiger charge is 2.32. The molecule has 3 aromatic rings. The normalized spacial score (nSPS) is 16.2. The minimum absolute atomic E-state index is 0.0433. The molecule has 2 nitrogen and oxygen atoms in total. The predicted molar refractivity (Wildman–Crippen MR) is 106 cm³/mol. The zero-order valence-electron chi connectivity index (χ0n) is 14.7. The van der Waals surface area contributed by atoms with E-state index in [1.54, 1.807) is 24.3 Å². The van der Waals surface area contributed by atoms with Crippen LogP contribution in [-0.2, 0) is 6.42 Å².